The number of thiazole rings is 1. The van der Waals surface area contributed by atoms with E-state index >= 15 is 0 Å². The van der Waals surface area contributed by atoms with Gasteiger partial charge >= 0.3 is 0 Å². The zero-order valence-electron chi connectivity index (χ0n) is 13.3. The molecular formula is C14H22ClN3O2S3. The molecule has 23 heavy (non-hydrogen) atoms. The van der Waals surface area contributed by atoms with Gasteiger partial charge in [0, 0.05) is 17.5 Å². The molecule has 2 rings (SSSR count). The number of nitrogens with two attached hydrogens (primary N) is 1. The molecule has 0 fully saturated rings. The highest BCUT2D eigenvalue weighted by Gasteiger charge is 2.31. The summed E-state index contributed by atoms with van der Waals surface area (Å²) in [5, 5.41) is 2.90. The summed E-state index contributed by atoms with van der Waals surface area (Å²) >= 11 is 2.78. The van der Waals surface area contributed by atoms with Crippen molar-refractivity contribution in [2.45, 2.75) is 43.4 Å². The first-order valence-electron chi connectivity index (χ1n) is 7.12. The van der Waals surface area contributed by atoms with E-state index in [0.29, 0.717) is 17.1 Å². The standard InChI is InChI=1S/C14H21N3O2S3.ClH/c1-4-14(5-2,9-15)17-22(18,19)13-7-6-12(21-13)11-8-20-10(3)16-11;/h6-8,17H,4-5,9,15H2,1-3H3;1H. The number of nitrogens with zero attached hydrogens (tertiary/aromatic N) is 1. The van der Waals surface area contributed by atoms with Crippen LogP contribution in [0.25, 0.3) is 10.6 Å². The van der Waals surface area contributed by atoms with Crippen LogP contribution in [0.3, 0.4) is 0 Å². The maximum absolute atomic E-state index is 12.6. The minimum atomic E-state index is -3.57. The molecule has 5 nitrogen and oxygen atoms in total. The van der Waals surface area contributed by atoms with E-state index in [-0.39, 0.29) is 19.0 Å². The Morgan fingerprint density at radius 2 is 1.96 bits per heavy atom. The second-order valence-electron chi connectivity index (χ2n) is 5.17. The van der Waals surface area contributed by atoms with Crippen LogP contribution in [0.1, 0.15) is 31.7 Å². The molecule has 0 aliphatic carbocycles. The maximum atomic E-state index is 12.6. The van der Waals surface area contributed by atoms with Gasteiger partial charge in [0.25, 0.3) is 10.0 Å². The van der Waals surface area contributed by atoms with Gasteiger partial charge in [-0.15, -0.1) is 35.1 Å². The van der Waals surface area contributed by atoms with E-state index in [2.05, 4.69) is 9.71 Å². The smallest absolute Gasteiger partial charge is 0.250 e. The van der Waals surface area contributed by atoms with Gasteiger partial charge < -0.3 is 5.73 Å². The Morgan fingerprint density at radius 3 is 2.43 bits per heavy atom. The lowest BCUT2D eigenvalue weighted by atomic mass is 9.95. The lowest BCUT2D eigenvalue weighted by Crippen LogP contribution is -2.52. The SMILES string of the molecule is CCC(CC)(CN)NS(=O)(=O)c1ccc(-c2csc(C)n2)s1.Cl. The van der Waals surface area contributed by atoms with Gasteiger partial charge in [-0.05, 0) is 31.9 Å². The number of halogens is 1. The summed E-state index contributed by atoms with van der Waals surface area (Å²) in [5.41, 5.74) is 6.02. The Labute approximate surface area is 151 Å². The van der Waals surface area contributed by atoms with Crippen molar-refractivity contribution in [2.75, 3.05) is 6.54 Å². The molecule has 0 aliphatic heterocycles. The van der Waals surface area contributed by atoms with Crippen LogP contribution in [0.2, 0.25) is 0 Å². The Bertz CT molecular complexity index is 728. The molecule has 0 bridgehead atoms. The van der Waals surface area contributed by atoms with Gasteiger partial charge in [-0.25, -0.2) is 18.1 Å². The first-order chi connectivity index (χ1) is 10.4. The average Bonchev–Trinajstić information content (AvgIpc) is 3.14. The van der Waals surface area contributed by atoms with E-state index in [1.807, 2.05) is 26.2 Å². The average molecular weight is 396 g/mol. The van der Waals surface area contributed by atoms with Crippen LogP contribution in [0.4, 0.5) is 0 Å². The highest BCUT2D eigenvalue weighted by Crippen LogP contribution is 2.32. The molecule has 0 saturated carbocycles. The minimum absolute atomic E-state index is 0. The second kappa shape index (κ2) is 8.04. The summed E-state index contributed by atoms with van der Waals surface area (Å²) in [7, 11) is -3.57. The Morgan fingerprint density at radius 1 is 1.30 bits per heavy atom. The fourth-order valence-electron chi connectivity index (χ4n) is 2.14. The normalized spacial score (nSPS) is 12.2. The van der Waals surface area contributed by atoms with Gasteiger partial charge in [0.1, 0.15) is 4.21 Å². The molecule has 2 aromatic rings. The third-order valence-corrected chi connectivity index (χ3v) is 7.76. The molecule has 9 heteroatoms. The molecule has 0 saturated heterocycles. The largest absolute Gasteiger partial charge is 0.329 e. The number of rotatable bonds is 7. The van der Waals surface area contributed by atoms with E-state index in [1.165, 1.54) is 11.3 Å². The predicted molar refractivity (Wildman–Crippen MR) is 100 cm³/mol. The van der Waals surface area contributed by atoms with Gasteiger partial charge in [0.05, 0.1) is 15.6 Å². The van der Waals surface area contributed by atoms with Crippen LogP contribution >= 0.6 is 35.1 Å². The molecule has 2 aromatic heterocycles. The van der Waals surface area contributed by atoms with Gasteiger partial charge in [-0.2, -0.15) is 0 Å². The summed E-state index contributed by atoms with van der Waals surface area (Å²) in [6.07, 6.45) is 1.31. The number of sulfonamides is 1. The van der Waals surface area contributed by atoms with Crippen LogP contribution in [0, 0.1) is 6.92 Å². The molecule has 2 heterocycles. The van der Waals surface area contributed by atoms with E-state index < -0.39 is 15.6 Å². The number of aryl methyl sites for hydroxylation is 1. The fourth-order valence-corrected chi connectivity index (χ4v) is 5.65. The highest BCUT2D eigenvalue weighted by atomic mass is 35.5. The van der Waals surface area contributed by atoms with Crippen LogP contribution < -0.4 is 10.5 Å². The maximum Gasteiger partial charge on any atom is 0.250 e. The number of thiophene rings is 1. The second-order valence-corrected chi connectivity index (χ2v) is 9.22. The van der Waals surface area contributed by atoms with E-state index in [1.54, 1.807) is 23.5 Å². The molecule has 0 spiro atoms. The van der Waals surface area contributed by atoms with Crippen LogP contribution in [-0.4, -0.2) is 25.5 Å². The topological polar surface area (TPSA) is 85.1 Å². The Hall–Kier alpha value is -0.510. The van der Waals surface area contributed by atoms with E-state index in [9.17, 15) is 8.42 Å². The molecule has 0 aromatic carbocycles. The zero-order chi connectivity index (χ0) is 16.4. The van der Waals surface area contributed by atoms with E-state index in [0.717, 1.165) is 15.6 Å². The number of aromatic nitrogens is 1. The van der Waals surface area contributed by atoms with Crippen molar-refractivity contribution in [1.29, 1.82) is 0 Å². The first kappa shape index (κ1) is 20.5. The molecule has 0 atom stereocenters. The molecule has 0 amide bonds. The van der Waals surface area contributed by atoms with E-state index in [4.69, 9.17) is 5.73 Å². The number of hydrogen-bond donors (Lipinski definition) is 2. The minimum Gasteiger partial charge on any atom is -0.329 e. The third-order valence-electron chi connectivity index (χ3n) is 3.81. The van der Waals surface area contributed by atoms with Crippen molar-refractivity contribution in [2.24, 2.45) is 5.73 Å². The third kappa shape index (κ3) is 4.52. The molecule has 0 radical (unpaired) electrons. The molecule has 0 unspecified atom stereocenters. The molecule has 0 aliphatic rings. The summed E-state index contributed by atoms with van der Waals surface area (Å²) < 4.78 is 28.3. The van der Waals surface area contributed by atoms with Crippen molar-refractivity contribution < 1.29 is 8.42 Å². The first-order valence-corrected chi connectivity index (χ1v) is 10.3. The summed E-state index contributed by atoms with van der Waals surface area (Å²) in [6.45, 7) is 6.09. The molecular weight excluding hydrogens is 374 g/mol. The van der Waals surface area contributed by atoms with Gasteiger partial charge in [-0.1, -0.05) is 13.8 Å². The predicted octanol–water partition coefficient (Wildman–Crippen LogP) is 3.40. The highest BCUT2D eigenvalue weighted by molar-refractivity contribution is 7.91. The summed E-state index contributed by atoms with van der Waals surface area (Å²) in [4.78, 5) is 5.25. The lowest BCUT2D eigenvalue weighted by molar-refractivity contribution is 0.363. The van der Waals surface area contributed by atoms with Crippen LogP contribution in [0.5, 0.6) is 0 Å². The van der Waals surface area contributed by atoms with Crippen molar-refractivity contribution >= 4 is 45.1 Å². The summed E-state index contributed by atoms with van der Waals surface area (Å²) in [5.74, 6) is 0. The van der Waals surface area contributed by atoms with Crippen molar-refractivity contribution in [1.82, 2.24) is 9.71 Å². The van der Waals surface area contributed by atoms with Crippen molar-refractivity contribution in [3.8, 4) is 10.6 Å². The number of hydrogen-bond acceptors (Lipinski definition) is 6. The van der Waals surface area contributed by atoms with Gasteiger partial charge in [-0.3, -0.25) is 0 Å². The monoisotopic (exact) mass is 395 g/mol. The fraction of sp³-hybridized carbons (Fsp3) is 0.500. The van der Waals surface area contributed by atoms with Crippen molar-refractivity contribution in [3.05, 3.63) is 22.5 Å². The quantitative estimate of drug-likeness (QED) is 0.752. The Balaban J connectivity index is 0.00000264. The summed E-state index contributed by atoms with van der Waals surface area (Å²) in [6, 6.07) is 3.43. The Kier molecular flexibility index (Phi) is 7.18. The van der Waals surface area contributed by atoms with Crippen LogP contribution in [-0.2, 0) is 10.0 Å². The van der Waals surface area contributed by atoms with Gasteiger partial charge in [0.2, 0.25) is 0 Å². The lowest BCUT2D eigenvalue weighted by Gasteiger charge is -2.30. The van der Waals surface area contributed by atoms with Gasteiger partial charge in [0.15, 0.2) is 0 Å². The number of nitrogens with one attached hydrogen (secondary N) is 1. The zero-order valence-corrected chi connectivity index (χ0v) is 16.6. The van der Waals surface area contributed by atoms with Crippen LogP contribution in [0.15, 0.2) is 21.7 Å². The molecule has 130 valence electrons. The van der Waals surface area contributed by atoms with Crippen molar-refractivity contribution in [3.63, 3.8) is 0 Å². The molecule has 3 N–H and O–H groups in total.